The summed E-state index contributed by atoms with van der Waals surface area (Å²) < 4.78 is 5.96. The smallest absolute Gasteiger partial charge is 0.290 e. The SMILES string of the molecule is O=C1NC(=O)C(=Cc2ccc(OC3CCCCC3)c(Cl)c2)S1. The van der Waals surface area contributed by atoms with Gasteiger partial charge >= 0.3 is 0 Å². The number of carbonyl (C=O) groups excluding carboxylic acids is 2. The number of imide groups is 1. The number of ether oxygens (including phenoxy) is 1. The van der Waals surface area contributed by atoms with Crippen LogP contribution in [-0.4, -0.2) is 17.3 Å². The number of carbonyl (C=O) groups is 2. The van der Waals surface area contributed by atoms with Crippen LogP contribution in [0.2, 0.25) is 5.02 Å². The molecule has 22 heavy (non-hydrogen) atoms. The van der Waals surface area contributed by atoms with Gasteiger partial charge in [0.2, 0.25) is 0 Å². The van der Waals surface area contributed by atoms with Crippen molar-refractivity contribution in [1.29, 1.82) is 0 Å². The Morgan fingerprint density at radius 2 is 2.00 bits per heavy atom. The maximum absolute atomic E-state index is 11.5. The first-order valence-corrected chi connectivity index (χ1v) is 8.52. The number of benzene rings is 1. The normalized spacial score (nSPS) is 21.2. The van der Waals surface area contributed by atoms with Gasteiger partial charge in [-0.1, -0.05) is 24.1 Å². The molecule has 1 aliphatic heterocycles. The second-order valence-electron chi connectivity index (χ2n) is 5.42. The third-order valence-electron chi connectivity index (χ3n) is 3.74. The third-order valence-corrected chi connectivity index (χ3v) is 4.85. The van der Waals surface area contributed by atoms with Crippen LogP contribution in [-0.2, 0) is 4.79 Å². The molecule has 0 aromatic heterocycles. The van der Waals surface area contributed by atoms with Gasteiger partial charge in [0.15, 0.2) is 0 Å². The zero-order chi connectivity index (χ0) is 15.5. The Labute approximate surface area is 138 Å². The molecule has 1 heterocycles. The van der Waals surface area contributed by atoms with Crippen LogP contribution in [0.5, 0.6) is 5.75 Å². The van der Waals surface area contributed by atoms with Crippen LogP contribution in [0.25, 0.3) is 6.08 Å². The molecule has 1 aromatic carbocycles. The minimum absolute atomic E-state index is 0.240. The van der Waals surface area contributed by atoms with E-state index in [1.165, 1.54) is 19.3 Å². The van der Waals surface area contributed by atoms with Crippen molar-refractivity contribution >= 4 is 40.6 Å². The minimum atomic E-state index is -0.367. The summed E-state index contributed by atoms with van der Waals surface area (Å²) >= 11 is 7.16. The predicted octanol–water partition coefficient (Wildman–Crippen LogP) is 4.38. The van der Waals surface area contributed by atoms with Crippen molar-refractivity contribution in [1.82, 2.24) is 5.32 Å². The third kappa shape index (κ3) is 3.65. The van der Waals surface area contributed by atoms with Gasteiger partial charge in [0.1, 0.15) is 5.75 Å². The predicted molar refractivity (Wildman–Crippen MR) is 88.1 cm³/mol. The van der Waals surface area contributed by atoms with Crippen molar-refractivity contribution in [2.75, 3.05) is 0 Å². The molecule has 6 heteroatoms. The van der Waals surface area contributed by atoms with Gasteiger partial charge in [-0.05, 0) is 61.2 Å². The Kier molecular flexibility index (Phi) is 4.74. The second-order valence-corrected chi connectivity index (χ2v) is 6.84. The lowest BCUT2D eigenvalue weighted by molar-refractivity contribution is -0.115. The maximum atomic E-state index is 11.5. The zero-order valence-corrected chi connectivity index (χ0v) is 13.5. The Morgan fingerprint density at radius 3 is 2.64 bits per heavy atom. The second kappa shape index (κ2) is 6.75. The van der Waals surface area contributed by atoms with Gasteiger partial charge in [-0.15, -0.1) is 0 Å². The quantitative estimate of drug-likeness (QED) is 0.832. The molecule has 2 fully saturated rings. The molecule has 3 rings (SSSR count). The molecule has 0 bridgehead atoms. The molecule has 0 spiro atoms. The van der Waals surface area contributed by atoms with Crippen molar-refractivity contribution in [3.05, 3.63) is 33.7 Å². The lowest BCUT2D eigenvalue weighted by Gasteiger charge is -2.23. The number of nitrogens with one attached hydrogen (secondary N) is 1. The summed E-state index contributed by atoms with van der Waals surface area (Å²) in [5.41, 5.74) is 0.772. The fraction of sp³-hybridized carbons (Fsp3) is 0.375. The fourth-order valence-corrected chi connectivity index (χ4v) is 3.55. The summed E-state index contributed by atoms with van der Waals surface area (Å²) in [6, 6.07) is 5.42. The molecule has 1 aliphatic carbocycles. The zero-order valence-electron chi connectivity index (χ0n) is 11.9. The molecular formula is C16H16ClNO3S. The largest absolute Gasteiger partial charge is 0.489 e. The van der Waals surface area contributed by atoms with E-state index in [9.17, 15) is 9.59 Å². The highest BCUT2D eigenvalue weighted by molar-refractivity contribution is 8.18. The van der Waals surface area contributed by atoms with Gasteiger partial charge < -0.3 is 4.74 Å². The van der Waals surface area contributed by atoms with Crippen molar-refractivity contribution in [2.24, 2.45) is 0 Å². The first kappa shape index (κ1) is 15.4. The van der Waals surface area contributed by atoms with E-state index in [0.717, 1.165) is 30.2 Å². The molecule has 2 aliphatic rings. The van der Waals surface area contributed by atoms with Gasteiger partial charge in [0.05, 0.1) is 16.0 Å². The Hall–Kier alpha value is -1.46. The van der Waals surface area contributed by atoms with Gasteiger partial charge in [0, 0.05) is 0 Å². The van der Waals surface area contributed by atoms with Crippen molar-refractivity contribution < 1.29 is 14.3 Å². The minimum Gasteiger partial charge on any atom is -0.489 e. The topological polar surface area (TPSA) is 55.4 Å². The first-order chi connectivity index (χ1) is 10.6. The van der Waals surface area contributed by atoms with Crippen molar-refractivity contribution in [3.63, 3.8) is 0 Å². The first-order valence-electron chi connectivity index (χ1n) is 7.33. The molecule has 4 nitrogen and oxygen atoms in total. The molecule has 0 unspecified atom stereocenters. The Bertz CT molecular complexity index is 638. The molecule has 1 N–H and O–H groups in total. The average molecular weight is 338 g/mol. The van der Waals surface area contributed by atoms with E-state index in [1.807, 2.05) is 12.1 Å². The molecule has 0 atom stereocenters. The number of hydrogen-bond acceptors (Lipinski definition) is 4. The maximum Gasteiger partial charge on any atom is 0.290 e. The number of rotatable bonds is 3. The number of amides is 2. The van der Waals surface area contributed by atoms with Crippen LogP contribution in [0.1, 0.15) is 37.7 Å². The van der Waals surface area contributed by atoms with E-state index in [0.29, 0.717) is 15.7 Å². The molecule has 116 valence electrons. The number of hydrogen-bond donors (Lipinski definition) is 1. The fourth-order valence-electron chi connectivity index (χ4n) is 2.64. The molecule has 0 radical (unpaired) electrons. The average Bonchev–Trinajstić information content (AvgIpc) is 2.81. The van der Waals surface area contributed by atoms with Crippen LogP contribution in [0, 0.1) is 0 Å². The van der Waals surface area contributed by atoms with Gasteiger partial charge in [0.25, 0.3) is 11.1 Å². The molecule has 2 amide bonds. The van der Waals surface area contributed by atoms with Crippen LogP contribution >= 0.6 is 23.4 Å². The van der Waals surface area contributed by atoms with Crippen LogP contribution in [0.3, 0.4) is 0 Å². The monoisotopic (exact) mass is 337 g/mol. The van der Waals surface area contributed by atoms with E-state index in [-0.39, 0.29) is 17.3 Å². The van der Waals surface area contributed by atoms with E-state index in [4.69, 9.17) is 16.3 Å². The highest BCUT2D eigenvalue weighted by Crippen LogP contribution is 2.32. The summed E-state index contributed by atoms with van der Waals surface area (Å²) in [7, 11) is 0. The number of thioether (sulfide) groups is 1. The van der Waals surface area contributed by atoms with Gasteiger partial charge in [-0.25, -0.2) is 0 Å². The molecule has 1 saturated heterocycles. The summed E-state index contributed by atoms with van der Waals surface area (Å²) in [6.07, 6.45) is 7.71. The highest BCUT2D eigenvalue weighted by atomic mass is 35.5. The lowest BCUT2D eigenvalue weighted by Crippen LogP contribution is -2.19. The van der Waals surface area contributed by atoms with E-state index < -0.39 is 0 Å². The summed E-state index contributed by atoms with van der Waals surface area (Å²) in [5.74, 6) is 0.309. The van der Waals surface area contributed by atoms with Crippen LogP contribution in [0.4, 0.5) is 4.79 Å². The Balaban J connectivity index is 1.73. The molecular weight excluding hydrogens is 322 g/mol. The van der Waals surface area contributed by atoms with Gasteiger partial charge in [-0.3, -0.25) is 14.9 Å². The van der Waals surface area contributed by atoms with E-state index in [2.05, 4.69) is 5.32 Å². The van der Waals surface area contributed by atoms with E-state index in [1.54, 1.807) is 12.1 Å². The van der Waals surface area contributed by atoms with Crippen LogP contribution < -0.4 is 10.1 Å². The van der Waals surface area contributed by atoms with Crippen LogP contribution in [0.15, 0.2) is 23.1 Å². The highest BCUT2D eigenvalue weighted by Gasteiger charge is 2.25. The lowest BCUT2D eigenvalue weighted by atomic mass is 9.98. The van der Waals surface area contributed by atoms with Crippen molar-refractivity contribution in [2.45, 2.75) is 38.2 Å². The van der Waals surface area contributed by atoms with Gasteiger partial charge in [-0.2, -0.15) is 0 Å². The standard InChI is InChI=1S/C16H16ClNO3S/c17-12-8-10(9-14-15(19)18-16(20)22-14)6-7-13(12)21-11-4-2-1-3-5-11/h6-9,11H,1-5H2,(H,18,19,20). The van der Waals surface area contributed by atoms with E-state index >= 15 is 0 Å². The van der Waals surface area contributed by atoms with Crippen molar-refractivity contribution in [3.8, 4) is 5.75 Å². The molecule has 1 saturated carbocycles. The Morgan fingerprint density at radius 1 is 1.23 bits per heavy atom. The number of halogens is 1. The summed E-state index contributed by atoms with van der Waals surface area (Å²) in [5, 5.41) is 2.40. The summed E-state index contributed by atoms with van der Waals surface area (Å²) in [6.45, 7) is 0. The molecule has 1 aromatic rings. The summed E-state index contributed by atoms with van der Waals surface area (Å²) in [4.78, 5) is 23.0.